The van der Waals surface area contributed by atoms with Crippen molar-refractivity contribution in [2.75, 3.05) is 26.7 Å². The third-order valence-corrected chi connectivity index (χ3v) is 6.67. The van der Waals surface area contributed by atoms with Gasteiger partial charge in [-0.2, -0.15) is 0 Å². The van der Waals surface area contributed by atoms with Crippen molar-refractivity contribution in [2.45, 2.75) is 40.2 Å². The van der Waals surface area contributed by atoms with Crippen LogP contribution in [0.25, 0.3) is 0 Å². The summed E-state index contributed by atoms with van der Waals surface area (Å²) in [5.74, 6) is 0.151. The number of fused-ring (bicyclic) bond motifs is 1. The first kappa shape index (κ1) is 23.7. The zero-order valence-corrected chi connectivity index (χ0v) is 19.7. The van der Waals surface area contributed by atoms with Gasteiger partial charge in [0.05, 0.1) is 16.9 Å². The topological polar surface area (TPSA) is 97.7 Å². The molecule has 0 atom stereocenters. The quantitative estimate of drug-likeness (QED) is 0.642. The normalized spacial score (nSPS) is 13.5. The van der Waals surface area contributed by atoms with E-state index in [4.69, 9.17) is 4.74 Å². The maximum absolute atomic E-state index is 13.0. The van der Waals surface area contributed by atoms with E-state index in [0.717, 1.165) is 6.42 Å². The highest BCUT2D eigenvalue weighted by Gasteiger charge is 2.27. The number of nitrogens with one attached hydrogen (secondary N) is 1. The molecule has 0 radical (unpaired) electrons. The predicted molar refractivity (Wildman–Crippen MR) is 123 cm³/mol. The Morgan fingerprint density at radius 3 is 2.50 bits per heavy atom. The molecular formula is C23H29N3O5S. The zero-order valence-electron chi connectivity index (χ0n) is 18.9. The molecule has 9 heteroatoms. The van der Waals surface area contributed by atoms with Crippen molar-refractivity contribution in [1.29, 1.82) is 0 Å². The van der Waals surface area contributed by atoms with Crippen molar-refractivity contribution >= 4 is 28.9 Å². The molecule has 0 saturated heterocycles. The van der Waals surface area contributed by atoms with Gasteiger partial charge in [0.15, 0.2) is 5.78 Å². The van der Waals surface area contributed by atoms with E-state index in [1.54, 1.807) is 21.6 Å². The van der Waals surface area contributed by atoms with Crippen molar-refractivity contribution in [1.82, 2.24) is 14.8 Å². The second kappa shape index (κ2) is 10.1. The number of carbonyl (C=O) groups excluding carboxylic acids is 3. The summed E-state index contributed by atoms with van der Waals surface area (Å²) in [4.78, 5) is 53.0. The molecule has 2 amide bonds. The van der Waals surface area contributed by atoms with E-state index in [0.29, 0.717) is 53.0 Å². The Bertz CT molecular complexity index is 1090. The van der Waals surface area contributed by atoms with E-state index >= 15 is 0 Å². The highest BCUT2D eigenvalue weighted by Crippen LogP contribution is 2.24. The number of amides is 2. The smallest absolute Gasteiger partial charge is 0.264 e. The van der Waals surface area contributed by atoms with E-state index in [1.807, 2.05) is 0 Å². The van der Waals surface area contributed by atoms with Gasteiger partial charge in [0.25, 0.3) is 17.4 Å². The summed E-state index contributed by atoms with van der Waals surface area (Å²) in [5, 5.41) is 2.92. The Hall–Kier alpha value is -2.94. The molecule has 32 heavy (non-hydrogen) atoms. The fourth-order valence-electron chi connectivity index (χ4n) is 3.72. The molecule has 0 fully saturated rings. The Labute approximate surface area is 191 Å². The number of aromatic nitrogens is 1. The van der Waals surface area contributed by atoms with Crippen LogP contribution in [-0.4, -0.2) is 53.8 Å². The van der Waals surface area contributed by atoms with Crippen molar-refractivity contribution in [3.63, 3.8) is 0 Å². The number of thiophene rings is 1. The molecule has 8 nitrogen and oxygen atoms in total. The van der Waals surface area contributed by atoms with Crippen LogP contribution in [0.4, 0.5) is 0 Å². The maximum atomic E-state index is 13.0. The van der Waals surface area contributed by atoms with Crippen molar-refractivity contribution in [3.05, 3.63) is 49.6 Å². The number of nitrogens with zero attached hydrogens (tertiary/aromatic N) is 2. The highest BCUT2D eigenvalue weighted by molar-refractivity contribution is 7.15. The van der Waals surface area contributed by atoms with E-state index in [-0.39, 0.29) is 35.5 Å². The summed E-state index contributed by atoms with van der Waals surface area (Å²) in [6.07, 6.45) is 1.18. The second-order valence-electron chi connectivity index (χ2n) is 8.22. The predicted octanol–water partition coefficient (Wildman–Crippen LogP) is 2.60. The average molecular weight is 460 g/mol. The van der Waals surface area contributed by atoms with Crippen molar-refractivity contribution < 1.29 is 19.1 Å². The lowest BCUT2D eigenvalue weighted by Crippen LogP contribution is -2.33. The summed E-state index contributed by atoms with van der Waals surface area (Å²) in [7, 11) is 1.44. The lowest BCUT2D eigenvalue weighted by atomic mass is 10.1. The number of rotatable bonds is 7. The van der Waals surface area contributed by atoms with Crippen LogP contribution in [0.3, 0.4) is 0 Å². The number of hydrogen-bond donors (Lipinski definition) is 1. The third-order valence-electron chi connectivity index (χ3n) is 5.50. The molecule has 3 heterocycles. The molecule has 0 aromatic carbocycles. The van der Waals surface area contributed by atoms with Gasteiger partial charge < -0.3 is 19.5 Å². The molecule has 3 rings (SSSR count). The molecule has 0 aliphatic carbocycles. The van der Waals surface area contributed by atoms with Crippen LogP contribution in [0.15, 0.2) is 23.0 Å². The van der Waals surface area contributed by atoms with Gasteiger partial charge in [0.2, 0.25) is 0 Å². The SMILES string of the molecule is COc1cc(=O)n2c(c1C(=O)NCCC(C)C)CCN(C(=O)c1ccc(C(C)=O)s1)CC2. The Balaban J connectivity index is 1.87. The Kier molecular flexibility index (Phi) is 7.50. The van der Waals surface area contributed by atoms with E-state index in [1.165, 1.54) is 31.4 Å². The van der Waals surface area contributed by atoms with Gasteiger partial charge in [-0.3, -0.25) is 19.2 Å². The number of hydrogen-bond acceptors (Lipinski definition) is 6. The minimum atomic E-state index is -0.282. The molecule has 2 aromatic rings. The van der Waals surface area contributed by atoms with Crippen molar-refractivity contribution in [3.8, 4) is 5.75 Å². The van der Waals surface area contributed by atoms with Gasteiger partial charge in [-0.15, -0.1) is 11.3 Å². The summed E-state index contributed by atoms with van der Waals surface area (Å²) < 4.78 is 6.92. The fraction of sp³-hybridized carbons (Fsp3) is 0.478. The molecular weight excluding hydrogens is 430 g/mol. The molecule has 0 spiro atoms. The number of pyridine rings is 1. The van der Waals surface area contributed by atoms with Gasteiger partial charge in [0.1, 0.15) is 11.3 Å². The van der Waals surface area contributed by atoms with Crippen molar-refractivity contribution in [2.24, 2.45) is 5.92 Å². The number of Topliss-reactive ketones (excluding diaryl/α,β-unsaturated/α-hetero) is 1. The van der Waals surface area contributed by atoms with E-state index in [2.05, 4.69) is 19.2 Å². The van der Waals surface area contributed by atoms with Gasteiger partial charge >= 0.3 is 0 Å². The van der Waals surface area contributed by atoms with E-state index < -0.39 is 0 Å². The largest absolute Gasteiger partial charge is 0.496 e. The number of ketones is 1. The Morgan fingerprint density at radius 2 is 1.88 bits per heavy atom. The van der Waals surface area contributed by atoms with Crippen LogP contribution >= 0.6 is 11.3 Å². The van der Waals surface area contributed by atoms with Crippen LogP contribution in [0.5, 0.6) is 5.75 Å². The molecule has 0 bridgehead atoms. The van der Waals surface area contributed by atoms with Crippen LogP contribution in [0.1, 0.15) is 62.6 Å². The highest BCUT2D eigenvalue weighted by atomic mass is 32.1. The minimum absolute atomic E-state index is 0.0795. The fourth-order valence-corrected chi connectivity index (χ4v) is 4.59. The first-order chi connectivity index (χ1) is 15.2. The van der Waals surface area contributed by atoms with Crippen LogP contribution in [-0.2, 0) is 13.0 Å². The molecule has 0 saturated carbocycles. The summed E-state index contributed by atoms with van der Waals surface area (Å²) in [6.45, 7) is 7.13. The number of carbonyl (C=O) groups is 3. The second-order valence-corrected chi connectivity index (χ2v) is 9.31. The molecule has 1 aliphatic rings. The first-order valence-corrected chi connectivity index (χ1v) is 11.5. The van der Waals surface area contributed by atoms with Gasteiger partial charge in [-0.05, 0) is 31.4 Å². The van der Waals surface area contributed by atoms with Crippen LogP contribution < -0.4 is 15.6 Å². The monoisotopic (exact) mass is 459 g/mol. The molecule has 1 aliphatic heterocycles. The standard InChI is InChI=1S/C23H29N3O5S/c1-14(2)7-9-24-22(29)21-16-8-10-25(11-12-26(16)20(28)13-17(21)31-4)23(30)19-6-5-18(32-19)15(3)27/h5-6,13-14H,7-12H2,1-4H3,(H,24,29). The lowest BCUT2D eigenvalue weighted by molar-refractivity contribution is 0.0763. The van der Waals surface area contributed by atoms with Crippen LogP contribution in [0, 0.1) is 5.92 Å². The average Bonchev–Trinajstić information content (AvgIpc) is 3.14. The number of methoxy groups -OCH3 is 1. The molecule has 0 unspecified atom stereocenters. The lowest BCUT2D eigenvalue weighted by Gasteiger charge is -2.18. The van der Waals surface area contributed by atoms with Gasteiger partial charge in [-0.25, -0.2) is 0 Å². The molecule has 2 aromatic heterocycles. The maximum Gasteiger partial charge on any atom is 0.264 e. The van der Waals surface area contributed by atoms with Gasteiger partial charge in [-0.1, -0.05) is 13.8 Å². The van der Waals surface area contributed by atoms with Crippen LogP contribution in [0.2, 0.25) is 0 Å². The summed E-state index contributed by atoms with van der Waals surface area (Å²) in [5.41, 5.74) is 0.655. The van der Waals surface area contributed by atoms with Gasteiger partial charge in [0, 0.05) is 44.4 Å². The molecule has 1 N–H and O–H groups in total. The third kappa shape index (κ3) is 5.09. The zero-order chi connectivity index (χ0) is 23.4. The summed E-state index contributed by atoms with van der Waals surface area (Å²) in [6, 6.07) is 4.64. The first-order valence-electron chi connectivity index (χ1n) is 10.7. The summed E-state index contributed by atoms with van der Waals surface area (Å²) >= 11 is 1.17. The molecule has 172 valence electrons. The van der Waals surface area contributed by atoms with E-state index in [9.17, 15) is 19.2 Å². The minimum Gasteiger partial charge on any atom is -0.496 e. The number of ether oxygens (including phenoxy) is 1. The Morgan fingerprint density at radius 1 is 1.16 bits per heavy atom.